The highest BCUT2D eigenvalue weighted by molar-refractivity contribution is 5.86. The molecular weight excluding hydrogens is 318 g/mol. The van der Waals surface area contributed by atoms with Crippen molar-refractivity contribution >= 4 is 17.5 Å². The van der Waals surface area contributed by atoms with Crippen molar-refractivity contribution in [3.63, 3.8) is 0 Å². The molecule has 0 N–H and O–H groups in total. The molecule has 0 fully saturated rings. The Morgan fingerprint density at radius 3 is 2.88 bits per heavy atom. The Morgan fingerprint density at radius 1 is 1.38 bits per heavy atom. The predicted octanol–water partition coefficient (Wildman–Crippen LogP) is 1.86. The summed E-state index contributed by atoms with van der Waals surface area (Å²) in [5.41, 5.74) is 1.14. The van der Waals surface area contributed by atoms with Gasteiger partial charge in [-0.15, -0.1) is 0 Å². The summed E-state index contributed by atoms with van der Waals surface area (Å²) >= 11 is 0. The standard InChI is InChI=1S/C15H11N3O6/c1-9-3-2-4-12-16-10(7-13(19)17(9)12)8-23-15(20)11-5-6-14(24-11)18(21)22/h2-7H,8H2,1H3. The largest absolute Gasteiger partial charge is 0.453 e. The first-order chi connectivity index (χ1) is 11.5. The number of fused-ring (bicyclic) bond motifs is 1. The van der Waals surface area contributed by atoms with Gasteiger partial charge in [0.15, 0.2) is 0 Å². The second kappa shape index (κ2) is 5.95. The predicted molar refractivity (Wildman–Crippen MR) is 80.7 cm³/mol. The zero-order chi connectivity index (χ0) is 17.3. The SMILES string of the molecule is Cc1cccc2nc(COC(=O)c3ccc([N+](=O)[O-])o3)cc(=O)n12. The van der Waals surface area contributed by atoms with Gasteiger partial charge in [-0.05, 0) is 25.1 Å². The Balaban J connectivity index is 1.79. The second-order valence-corrected chi connectivity index (χ2v) is 4.92. The van der Waals surface area contributed by atoms with E-state index in [9.17, 15) is 19.7 Å². The maximum Gasteiger partial charge on any atom is 0.433 e. The molecule has 0 bridgehead atoms. The summed E-state index contributed by atoms with van der Waals surface area (Å²) < 4.78 is 11.2. The van der Waals surface area contributed by atoms with Crippen LogP contribution in [0.2, 0.25) is 0 Å². The van der Waals surface area contributed by atoms with Gasteiger partial charge in [-0.25, -0.2) is 9.78 Å². The molecule has 24 heavy (non-hydrogen) atoms. The van der Waals surface area contributed by atoms with Gasteiger partial charge in [0.05, 0.1) is 11.8 Å². The van der Waals surface area contributed by atoms with Crippen molar-refractivity contribution in [2.24, 2.45) is 0 Å². The topological polar surface area (TPSA) is 117 Å². The molecule has 3 aromatic heterocycles. The van der Waals surface area contributed by atoms with E-state index in [1.807, 2.05) is 0 Å². The first kappa shape index (κ1) is 15.4. The van der Waals surface area contributed by atoms with Crippen LogP contribution in [-0.2, 0) is 11.3 Å². The van der Waals surface area contributed by atoms with Gasteiger partial charge in [-0.1, -0.05) is 6.07 Å². The van der Waals surface area contributed by atoms with Crippen molar-refractivity contribution in [3.8, 4) is 0 Å². The number of ether oxygens (including phenoxy) is 1. The molecule has 0 aliphatic rings. The van der Waals surface area contributed by atoms with Crippen LogP contribution in [0.4, 0.5) is 5.88 Å². The van der Waals surface area contributed by atoms with Crippen LogP contribution < -0.4 is 5.56 Å². The number of aryl methyl sites for hydroxylation is 1. The van der Waals surface area contributed by atoms with Crippen molar-refractivity contribution < 1.29 is 18.9 Å². The first-order valence-electron chi connectivity index (χ1n) is 6.85. The number of carbonyl (C=O) groups is 1. The molecule has 9 heteroatoms. The number of aromatic nitrogens is 2. The smallest absolute Gasteiger partial charge is 0.433 e. The highest BCUT2D eigenvalue weighted by Crippen LogP contribution is 2.16. The summed E-state index contributed by atoms with van der Waals surface area (Å²) in [5, 5.41) is 10.5. The molecule has 0 atom stereocenters. The van der Waals surface area contributed by atoms with Gasteiger partial charge < -0.3 is 9.15 Å². The Morgan fingerprint density at radius 2 is 2.17 bits per heavy atom. The molecule has 3 rings (SSSR count). The number of hydrogen-bond acceptors (Lipinski definition) is 7. The van der Waals surface area contributed by atoms with E-state index in [1.165, 1.54) is 10.5 Å². The minimum Gasteiger partial charge on any atom is -0.453 e. The van der Waals surface area contributed by atoms with Crippen molar-refractivity contribution in [2.75, 3.05) is 0 Å². The molecule has 0 unspecified atom stereocenters. The third-order valence-electron chi connectivity index (χ3n) is 3.26. The van der Waals surface area contributed by atoms with E-state index in [0.29, 0.717) is 5.65 Å². The summed E-state index contributed by atoms with van der Waals surface area (Å²) in [4.78, 5) is 37.9. The summed E-state index contributed by atoms with van der Waals surface area (Å²) in [6, 6.07) is 8.66. The van der Waals surface area contributed by atoms with Crippen LogP contribution in [0.1, 0.15) is 21.9 Å². The van der Waals surface area contributed by atoms with E-state index in [-0.39, 0.29) is 23.6 Å². The number of hydrogen-bond donors (Lipinski definition) is 0. The molecule has 0 saturated heterocycles. The minimum absolute atomic E-state index is 0.257. The zero-order valence-electron chi connectivity index (χ0n) is 12.5. The summed E-state index contributed by atoms with van der Waals surface area (Å²) in [7, 11) is 0. The van der Waals surface area contributed by atoms with Gasteiger partial charge >= 0.3 is 11.9 Å². The van der Waals surface area contributed by atoms with Crippen LogP contribution in [0.5, 0.6) is 0 Å². The summed E-state index contributed by atoms with van der Waals surface area (Å²) in [6.07, 6.45) is 0. The lowest BCUT2D eigenvalue weighted by Gasteiger charge is -2.06. The molecule has 3 aromatic rings. The lowest BCUT2D eigenvalue weighted by molar-refractivity contribution is -0.402. The van der Waals surface area contributed by atoms with Crippen LogP contribution in [0.15, 0.2) is 45.6 Å². The third-order valence-corrected chi connectivity index (χ3v) is 3.26. The molecule has 9 nitrogen and oxygen atoms in total. The fourth-order valence-corrected chi connectivity index (χ4v) is 2.18. The van der Waals surface area contributed by atoms with Gasteiger partial charge in [-0.3, -0.25) is 19.3 Å². The Bertz CT molecular complexity index is 1000. The highest BCUT2D eigenvalue weighted by Gasteiger charge is 2.18. The van der Waals surface area contributed by atoms with Gasteiger partial charge in [0.2, 0.25) is 5.76 Å². The van der Waals surface area contributed by atoms with Crippen LogP contribution >= 0.6 is 0 Å². The molecule has 0 saturated carbocycles. The van der Waals surface area contributed by atoms with Crippen LogP contribution in [0, 0.1) is 17.0 Å². The lowest BCUT2D eigenvalue weighted by atomic mass is 10.3. The molecule has 3 heterocycles. The van der Waals surface area contributed by atoms with Gasteiger partial charge in [0.25, 0.3) is 5.56 Å². The van der Waals surface area contributed by atoms with Crippen molar-refractivity contribution in [2.45, 2.75) is 13.5 Å². The molecule has 0 aliphatic carbocycles. The zero-order valence-corrected chi connectivity index (χ0v) is 12.5. The fourth-order valence-electron chi connectivity index (χ4n) is 2.18. The number of esters is 1. The monoisotopic (exact) mass is 329 g/mol. The summed E-state index contributed by atoms with van der Waals surface area (Å²) in [5.74, 6) is -1.73. The van der Waals surface area contributed by atoms with E-state index >= 15 is 0 Å². The first-order valence-corrected chi connectivity index (χ1v) is 6.85. The molecular formula is C15H11N3O6. The molecule has 0 spiro atoms. The quantitative estimate of drug-likeness (QED) is 0.407. The minimum atomic E-state index is -0.880. The van der Waals surface area contributed by atoms with E-state index in [4.69, 9.17) is 9.15 Å². The molecule has 0 aliphatic heterocycles. The fraction of sp³-hybridized carbons (Fsp3) is 0.133. The number of nitrogens with zero attached hydrogens (tertiary/aromatic N) is 3. The Labute approximate surface area is 134 Å². The van der Waals surface area contributed by atoms with E-state index in [2.05, 4.69) is 4.98 Å². The highest BCUT2D eigenvalue weighted by atomic mass is 16.7. The van der Waals surface area contributed by atoms with Gasteiger partial charge in [-0.2, -0.15) is 0 Å². The van der Waals surface area contributed by atoms with Crippen molar-refractivity contribution in [1.82, 2.24) is 9.38 Å². The van der Waals surface area contributed by atoms with E-state index in [1.54, 1.807) is 25.1 Å². The maximum absolute atomic E-state index is 12.1. The van der Waals surface area contributed by atoms with Crippen molar-refractivity contribution in [3.05, 3.63) is 74.0 Å². The average Bonchev–Trinajstić information content (AvgIpc) is 3.02. The summed E-state index contributed by atoms with van der Waals surface area (Å²) in [6.45, 7) is 1.52. The normalized spacial score (nSPS) is 10.7. The number of rotatable bonds is 4. The second-order valence-electron chi connectivity index (χ2n) is 4.92. The van der Waals surface area contributed by atoms with E-state index in [0.717, 1.165) is 17.8 Å². The van der Waals surface area contributed by atoms with E-state index < -0.39 is 16.8 Å². The average molecular weight is 329 g/mol. The molecule has 0 aromatic carbocycles. The Kier molecular flexibility index (Phi) is 3.82. The van der Waals surface area contributed by atoms with Crippen molar-refractivity contribution in [1.29, 1.82) is 0 Å². The Hall–Kier alpha value is -3.49. The number of furan rings is 1. The van der Waals surface area contributed by atoms with Crippen LogP contribution in [-0.4, -0.2) is 20.3 Å². The van der Waals surface area contributed by atoms with Gasteiger partial charge in [0.1, 0.15) is 17.2 Å². The molecule has 122 valence electrons. The molecule has 0 radical (unpaired) electrons. The van der Waals surface area contributed by atoms with Gasteiger partial charge in [0, 0.05) is 11.8 Å². The van der Waals surface area contributed by atoms with Crippen LogP contribution in [0.25, 0.3) is 5.65 Å². The number of carbonyl (C=O) groups excluding carboxylic acids is 1. The maximum atomic E-state index is 12.1. The van der Waals surface area contributed by atoms with Crippen LogP contribution in [0.3, 0.4) is 0 Å². The third kappa shape index (κ3) is 2.86. The number of nitro groups is 1. The lowest BCUT2D eigenvalue weighted by Crippen LogP contribution is -2.18. The molecule has 0 amide bonds. The number of pyridine rings is 1.